The molecule has 0 radical (unpaired) electrons. The van der Waals surface area contributed by atoms with E-state index in [0.717, 1.165) is 35.2 Å². The molecule has 0 bridgehead atoms. The largest absolute Gasteiger partial charge is 0.437 e. The number of carbonyl (C=O) groups is 1. The number of aryl methyl sites for hydroxylation is 2. The summed E-state index contributed by atoms with van der Waals surface area (Å²) in [5.41, 5.74) is 3.14. The lowest BCUT2D eigenvalue weighted by Crippen LogP contribution is -2.15. The van der Waals surface area contributed by atoms with Gasteiger partial charge in [0, 0.05) is 17.8 Å². The Kier molecular flexibility index (Phi) is 6.17. The molecule has 0 atom stereocenters. The van der Waals surface area contributed by atoms with Crippen molar-refractivity contribution in [1.29, 1.82) is 0 Å². The number of nitrogens with zero attached hydrogens (tertiary/aromatic N) is 2. The molecule has 6 nitrogen and oxygen atoms in total. The van der Waals surface area contributed by atoms with E-state index in [1.165, 1.54) is 10.7 Å². The second-order valence-electron chi connectivity index (χ2n) is 7.55. The number of rotatable bonds is 6. The minimum Gasteiger partial charge on any atom is -0.388 e. The van der Waals surface area contributed by atoms with Crippen molar-refractivity contribution < 1.29 is 18.0 Å². The van der Waals surface area contributed by atoms with Crippen LogP contribution in [-0.4, -0.2) is 15.7 Å². The predicted octanol–water partition coefficient (Wildman–Crippen LogP) is 5.42. The molecule has 0 saturated heterocycles. The molecule has 0 saturated carbocycles. The van der Waals surface area contributed by atoms with E-state index in [1.54, 1.807) is 24.3 Å². The van der Waals surface area contributed by atoms with Gasteiger partial charge in [-0.25, -0.2) is 13.6 Å². The molecule has 4 aromatic rings. The van der Waals surface area contributed by atoms with Gasteiger partial charge in [0.05, 0.1) is 0 Å². The summed E-state index contributed by atoms with van der Waals surface area (Å²) >= 11 is 0. The highest BCUT2D eigenvalue weighted by Gasteiger charge is 2.17. The third-order valence-electron chi connectivity index (χ3n) is 5.17. The lowest BCUT2D eigenvalue weighted by atomic mass is 9.98. The molecule has 0 aliphatic carbocycles. The number of anilines is 1. The fraction of sp³-hybridized carbons (Fsp3) is 0.160. The molecule has 4 rings (SSSR count). The van der Waals surface area contributed by atoms with Crippen LogP contribution in [0, 0.1) is 18.6 Å². The maximum Gasteiger partial charge on any atom is 0.437 e. The molecule has 0 unspecified atom stereocenters. The lowest BCUT2D eigenvalue weighted by Gasteiger charge is -2.10. The Morgan fingerprint density at radius 3 is 2.36 bits per heavy atom. The fourth-order valence-corrected chi connectivity index (χ4v) is 3.48. The summed E-state index contributed by atoms with van der Waals surface area (Å²) in [6.07, 6.45) is 0.761. The van der Waals surface area contributed by atoms with Gasteiger partial charge in [0.25, 0.3) is 5.91 Å². The first-order valence-corrected chi connectivity index (χ1v) is 10.4. The summed E-state index contributed by atoms with van der Waals surface area (Å²) in [7, 11) is 0. The van der Waals surface area contributed by atoms with E-state index in [4.69, 9.17) is 4.42 Å². The van der Waals surface area contributed by atoms with E-state index >= 15 is 0 Å². The average Bonchev–Trinajstić information content (AvgIpc) is 3.15. The van der Waals surface area contributed by atoms with Gasteiger partial charge in [0.1, 0.15) is 17.2 Å². The number of hydrogen-bond donors (Lipinski definition) is 1. The van der Waals surface area contributed by atoms with Crippen molar-refractivity contribution in [3.05, 3.63) is 94.0 Å². The van der Waals surface area contributed by atoms with Crippen LogP contribution in [0.15, 0.2) is 69.9 Å². The molecule has 1 N–H and O–H groups in total. The number of amides is 1. The van der Waals surface area contributed by atoms with Crippen molar-refractivity contribution >= 4 is 11.6 Å². The van der Waals surface area contributed by atoms with Gasteiger partial charge in [-0.15, -0.1) is 5.10 Å². The molecule has 8 heteroatoms. The van der Waals surface area contributed by atoms with Crippen LogP contribution in [0.25, 0.3) is 22.6 Å². The minimum absolute atomic E-state index is 0.241. The Morgan fingerprint density at radius 2 is 1.70 bits per heavy atom. The Bertz CT molecular complexity index is 1350. The number of benzene rings is 3. The Hall–Kier alpha value is -4.07. The second kappa shape index (κ2) is 9.20. The first-order chi connectivity index (χ1) is 15.9. The zero-order valence-corrected chi connectivity index (χ0v) is 18.1. The van der Waals surface area contributed by atoms with Crippen LogP contribution in [0.5, 0.6) is 0 Å². The van der Waals surface area contributed by atoms with E-state index < -0.39 is 28.9 Å². The highest BCUT2D eigenvalue weighted by Crippen LogP contribution is 2.29. The van der Waals surface area contributed by atoms with Crippen LogP contribution < -0.4 is 11.1 Å². The van der Waals surface area contributed by atoms with Crippen molar-refractivity contribution in [2.24, 2.45) is 0 Å². The highest BCUT2D eigenvalue weighted by atomic mass is 19.1. The zero-order chi connectivity index (χ0) is 23.5. The number of halogens is 2. The predicted molar refractivity (Wildman–Crippen MR) is 121 cm³/mol. The number of aromatic nitrogens is 2. The standard InChI is InChI=1S/C25H21F2N3O3/c1-3-13-30-25(32)33-24(29-30)17-8-7-15(2)19(14-17)16-9-11-18(12-10-16)28-23(31)22-20(26)5-4-6-21(22)27/h4-12,14H,3,13H2,1-2H3,(H,28,31). The van der Waals surface area contributed by atoms with Crippen LogP contribution in [0.3, 0.4) is 0 Å². The average molecular weight is 449 g/mol. The topological polar surface area (TPSA) is 77.1 Å². The van der Waals surface area contributed by atoms with E-state index in [0.29, 0.717) is 17.8 Å². The smallest absolute Gasteiger partial charge is 0.388 e. The van der Waals surface area contributed by atoms with E-state index in [1.807, 2.05) is 32.0 Å². The van der Waals surface area contributed by atoms with Gasteiger partial charge in [0.15, 0.2) is 0 Å². The molecule has 0 aliphatic rings. The van der Waals surface area contributed by atoms with Gasteiger partial charge in [0.2, 0.25) is 5.89 Å². The van der Waals surface area contributed by atoms with Crippen molar-refractivity contribution in [3.63, 3.8) is 0 Å². The molecule has 1 amide bonds. The molecule has 1 aromatic heterocycles. The maximum absolute atomic E-state index is 13.8. The van der Waals surface area contributed by atoms with Gasteiger partial charge >= 0.3 is 5.76 Å². The van der Waals surface area contributed by atoms with E-state index in [-0.39, 0.29) is 5.89 Å². The minimum atomic E-state index is -0.926. The molecule has 1 heterocycles. The molecule has 3 aromatic carbocycles. The van der Waals surface area contributed by atoms with Gasteiger partial charge in [-0.2, -0.15) is 4.68 Å². The summed E-state index contributed by atoms with van der Waals surface area (Å²) in [6, 6.07) is 15.7. The monoisotopic (exact) mass is 449 g/mol. The summed E-state index contributed by atoms with van der Waals surface area (Å²) in [4.78, 5) is 24.3. The maximum atomic E-state index is 13.8. The summed E-state index contributed by atoms with van der Waals surface area (Å²) in [5.74, 6) is -2.98. The Labute approximate surface area is 188 Å². The molecular formula is C25H21F2N3O3. The third-order valence-corrected chi connectivity index (χ3v) is 5.17. The van der Waals surface area contributed by atoms with Gasteiger partial charge in [-0.05, 0) is 66.4 Å². The quantitative estimate of drug-likeness (QED) is 0.426. The first-order valence-electron chi connectivity index (χ1n) is 10.4. The van der Waals surface area contributed by atoms with E-state index in [2.05, 4.69) is 10.4 Å². The molecular weight excluding hydrogens is 428 g/mol. The lowest BCUT2D eigenvalue weighted by molar-refractivity contribution is 0.101. The molecule has 0 fully saturated rings. The van der Waals surface area contributed by atoms with Crippen LogP contribution in [0.2, 0.25) is 0 Å². The number of hydrogen-bond acceptors (Lipinski definition) is 4. The van der Waals surface area contributed by atoms with E-state index in [9.17, 15) is 18.4 Å². The third kappa shape index (κ3) is 4.59. The highest BCUT2D eigenvalue weighted by molar-refractivity contribution is 6.04. The van der Waals surface area contributed by atoms with Crippen LogP contribution in [0.4, 0.5) is 14.5 Å². The summed E-state index contributed by atoms with van der Waals surface area (Å²) in [5, 5.41) is 6.76. The summed E-state index contributed by atoms with van der Waals surface area (Å²) in [6.45, 7) is 4.37. The van der Waals surface area contributed by atoms with Crippen LogP contribution >= 0.6 is 0 Å². The number of nitrogens with one attached hydrogen (secondary N) is 1. The van der Waals surface area contributed by atoms with Crippen molar-refractivity contribution in [2.45, 2.75) is 26.8 Å². The molecule has 0 aliphatic heterocycles. The van der Waals surface area contributed by atoms with Crippen LogP contribution in [0.1, 0.15) is 29.3 Å². The van der Waals surface area contributed by atoms with Crippen molar-refractivity contribution in [2.75, 3.05) is 5.32 Å². The number of carbonyl (C=O) groups excluding carboxylic acids is 1. The van der Waals surface area contributed by atoms with Gasteiger partial charge in [-0.1, -0.05) is 31.2 Å². The SMILES string of the molecule is CCCn1nc(-c2ccc(C)c(-c3ccc(NC(=O)c4c(F)cccc4F)cc3)c2)oc1=O. The normalized spacial score (nSPS) is 10.9. The fourth-order valence-electron chi connectivity index (χ4n) is 3.48. The molecule has 168 valence electrons. The van der Waals surface area contributed by atoms with Crippen LogP contribution in [-0.2, 0) is 6.54 Å². The van der Waals surface area contributed by atoms with Crippen molar-refractivity contribution in [1.82, 2.24) is 9.78 Å². The van der Waals surface area contributed by atoms with Gasteiger partial charge in [-0.3, -0.25) is 4.79 Å². The Balaban J connectivity index is 1.59. The van der Waals surface area contributed by atoms with Gasteiger partial charge < -0.3 is 9.73 Å². The zero-order valence-electron chi connectivity index (χ0n) is 18.1. The molecule has 0 spiro atoms. The Morgan fingerprint density at radius 1 is 1.03 bits per heavy atom. The molecule has 33 heavy (non-hydrogen) atoms. The summed E-state index contributed by atoms with van der Waals surface area (Å²) < 4.78 is 34.3. The van der Waals surface area contributed by atoms with Crippen molar-refractivity contribution in [3.8, 4) is 22.6 Å². The second-order valence-corrected chi connectivity index (χ2v) is 7.55. The first kappa shape index (κ1) is 22.1.